The summed E-state index contributed by atoms with van der Waals surface area (Å²) >= 11 is 0. The van der Waals surface area contributed by atoms with E-state index >= 15 is 0 Å². The van der Waals surface area contributed by atoms with Gasteiger partial charge in [0.1, 0.15) is 17.4 Å². The predicted molar refractivity (Wildman–Crippen MR) is 138 cm³/mol. The number of para-hydroxylation sites is 2. The van der Waals surface area contributed by atoms with E-state index < -0.39 is 0 Å². The molecule has 1 atom stereocenters. The monoisotopic (exact) mass is 459 g/mol. The molecule has 1 unspecified atom stereocenters. The van der Waals surface area contributed by atoms with Crippen LogP contribution in [0.15, 0.2) is 48.5 Å². The van der Waals surface area contributed by atoms with Crippen LogP contribution in [-0.4, -0.2) is 62.2 Å². The van der Waals surface area contributed by atoms with E-state index in [9.17, 15) is 4.79 Å². The second-order valence-electron chi connectivity index (χ2n) is 9.20. The van der Waals surface area contributed by atoms with Crippen LogP contribution in [-0.2, 0) is 4.79 Å². The molecule has 7 heteroatoms. The minimum atomic E-state index is 0.0426. The van der Waals surface area contributed by atoms with Gasteiger partial charge >= 0.3 is 0 Å². The van der Waals surface area contributed by atoms with Gasteiger partial charge in [-0.15, -0.1) is 0 Å². The summed E-state index contributed by atoms with van der Waals surface area (Å²) in [6.45, 7) is 8.08. The first kappa shape index (κ1) is 22.5. The average Bonchev–Trinajstić information content (AvgIpc) is 2.86. The van der Waals surface area contributed by atoms with Gasteiger partial charge in [-0.3, -0.25) is 9.69 Å². The highest BCUT2D eigenvalue weighted by Crippen LogP contribution is 2.38. The van der Waals surface area contributed by atoms with Crippen molar-refractivity contribution in [1.29, 1.82) is 0 Å². The van der Waals surface area contributed by atoms with E-state index in [4.69, 9.17) is 9.72 Å². The van der Waals surface area contributed by atoms with Crippen LogP contribution >= 0.6 is 0 Å². The summed E-state index contributed by atoms with van der Waals surface area (Å²) in [5.74, 6) is 2.71. The maximum absolute atomic E-state index is 12.1. The Hall–Kier alpha value is -3.32. The van der Waals surface area contributed by atoms with Crippen molar-refractivity contribution in [3.8, 4) is 5.75 Å². The number of nitrogens with zero attached hydrogens (tertiary/aromatic N) is 3. The fourth-order valence-electron chi connectivity index (χ4n) is 5.19. The molecule has 0 bridgehead atoms. The molecule has 2 aliphatic heterocycles. The van der Waals surface area contributed by atoms with E-state index in [0.717, 1.165) is 68.2 Å². The number of piperazine rings is 1. The number of fused-ring (bicyclic) bond motifs is 3. The maximum atomic E-state index is 12.1. The summed E-state index contributed by atoms with van der Waals surface area (Å²) in [6.07, 6.45) is 1.54. The minimum absolute atomic E-state index is 0.0426. The third kappa shape index (κ3) is 4.53. The number of anilines is 3. The van der Waals surface area contributed by atoms with Crippen LogP contribution in [0.2, 0.25) is 0 Å². The molecule has 178 valence electrons. The molecule has 2 aromatic carbocycles. The van der Waals surface area contributed by atoms with Crippen molar-refractivity contribution in [2.75, 3.05) is 61.9 Å². The average molecular weight is 460 g/mol. The van der Waals surface area contributed by atoms with Crippen molar-refractivity contribution in [1.82, 2.24) is 9.88 Å². The SMILES string of the molecule is COc1ccccc1N1CCN(CCCNc2nc3c(c4ccccc24)C(C)CC(=O)N3)CC1. The number of rotatable bonds is 7. The lowest BCUT2D eigenvalue weighted by Gasteiger charge is -2.36. The number of carbonyl (C=O) groups is 1. The molecule has 1 amide bonds. The Morgan fingerprint density at radius 2 is 1.79 bits per heavy atom. The number of ether oxygens (including phenoxy) is 1. The largest absolute Gasteiger partial charge is 0.495 e. The van der Waals surface area contributed by atoms with Gasteiger partial charge in [-0.05, 0) is 36.4 Å². The second kappa shape index (κ2) is 9.89. The molecule has 1 saturated heterocycles. The molecule has 0 saturated carbocycles. The Labute approximate surface area is 201 Å². The van der Waals surface area contributed by atoms with Crippen molar-refractivity contribution >= 4 is 34.0 Å². The number of aromatic nitrogens is 1. The number of methoxy groups -OCH3 is 1. The molecule has 3 heterocycles. The van der Waals surface area contributed by atoms with E-state index in [2.05, 4.69) is 63.8 Å². The summed E-state index contributed by atoms with van der Waals surface area (Å²) in [6, 6.07) is 16.6. The Kier molecular flexibility index (Phi) is 6.54. The van der Waals surface area contributed by atoms with Crippen molar-refractivity contribution in [2.45, 2.75) is 25.7 Å². The van der Waals surface area contributed by atoms with Crippen molar-refractivity contribution in [3.63, 3.8) is 0 Å². The normalized spacial score (nSPS) is 18.5. The number of amides is 1. The summed E-state index contributed by atoms with van der Waals surface area (Å²) in [4.78, 5) is 21.8. The van der Waals surface area contributed by atoms with E-state index in [1.807, 2.05) is 12.1 Å². The maximum Gasteiger partial charge on any atom is 0.226 e. The summed E-state index contributed by atoms with van der Waals surface area (Å²) in [7, 11) is 1.73. The highest BCUT2D eigenvalue weighted by Gasteiger charge is 2.26. The Bertz CT molecular complexity index is 1170. The van der Waals surface area contributed by atoms with E-state index in [1.165, 1.54) is 11.1 Å². The van der Waals surface area contributed by atoms with Crippen LogP contribution in [0.25, 0.3) is 10.8 Å². The van der Waals surface area contributed by atoms with E-state index in [-0.39, 0.29) is 11.8 Å². The molecule has 5 rings (SSSR count). The summed E-state index contributed by atoms with van der Waals surface area (Å²) in [5, 5.41) is 8.82. The van der Waals surface area contributed by atoms with Gasteiger partial charge in [-0.25, -0.2) is 4.98 Å². The number of benzene rings is 2. The number of carbonyl (C=O) groups excluding carboxylic acids is 1. The predicted octanol–water partition coefficient (Wildman–Crippen LogP) is 4.31. The molecular formula is C27H33N5O2. The first-order valence-electron chi connectivity index (χ1n) is 12.2. The fourth-order valence-corrected chi connectivity index (χ4v) is 5.19. The van der Waals surface area contributed by atoms with Gasteiger partial charge in [-0.1, -0.05) is 43.3 Å². The van der Waals surface area contributed by atoms with E-state index in [0.29, 0.717) is 12.2 Å². The van der Waals surface area contributed by atoms with Gasteiger partial charge in [0.2, 0.25) is 5.91 Å². The molecule has 34 heavy (non-hydrogen) atoms. The molecule has 7 nitrogen and oxygen atoms in total. The zero-order valence-electron chi connectivity index (χ0n) is 20.0. The van der Waals surface area contributed by atoms with Crippen LogP contribution in [0, 0.1) is 0 Å². The van der Waals surface area contributed by atoms with Gasteiger partial charge in [0.15, 0.2) is 0 Å². The van der Waals surface area contributed by atoms with Crippen LogP contribution in [0.4, 0.5) is 17.3 Å². The number of nitrogens with one attached hydrogen (secondary N) is 2. The van der Waals surface area contributed by atoms with Gasteiger partial charge < -0.3 is 20.3 Å². The highest BCUT2D eigenvalue weighted by molar-refractivity contribution is 6.03. The summed E-state index contributed by atoms with van der Waals surface area (Å²) < 4.78 is 5.53. The highest BCUT2D eigenvalue weighted by atomic mass is 16.5. The Morgan fingerprint density at radius 1 is 1.06 bits per heavy atom. The molecule has 3 aromatic rings. The second-order valence-corrected chi connectivity index (χ2v) is 9.20. The fraction of sp³-hybridized carbons (Fsp3) is 0.407. The lowest BCUT2D eigenvalue weighted by molar-refractivity contribution is -0.116. The smallest absolute Gasteiger partial charge is 0.226 e. The third-order valence-electron chi connectivity index (χ3n) is 6.93. The molecule has 2 aliphatic rings. The number of pyridine rings is 1. The molecule has 0 radical (unpaired) electrons. The molecule has 1 fully saturated rings. The van der Waals surface area contributed by atoms with E-state index in [1.54, 1.807) is 7.11 Å². The summed E-state index contributed by atoms with van der Waals surface area (Å²) in [5.41, 5.74) is 2.33. The van der Waals surface area contributed by atoms with Crippen LogP contribution in [0.3, 0.4) is 0 Å². The van der Waals surface area contributed by atoms with Gasteiger partial charge in [0.25, 0.3) is 0 Å². The molecule has 2 N–H and O–H groups in total. The molecule has 1 aromatic heterocycles. The Morgan fingerprint density at radius 3 is 2.59 bits per heavy atom. The zero-order chi connectivity index (χ0) is 23.5. The van der Waals surface area contributed by atoms with Crippen LogP contribution in [0.1, 0.15) is 31.2 Å². The standard InChI is InChI=1S/C27H33N5O2/c1-19-18-24(33)29-27-25(19)20-8-3-4-9-21(20)26(30-27)28-12-7-13-31-14-16-32(17-15-31)22-10-5-6-11-23(22)34-2/h3-6,8-11,19H,7,12-18H2,1-2H3,(H2,28,29,30,33). The van der Waals surface area contributed by atoms with Crippen molar-refractivity contribution in [3.05, 3.63) is 54.1 Å². The topological polar surface area (TPSA) is 69.7 Å². The van der Waals surface area contributed by atoms with Gasteiger partial charge in [0.05, 0.1) is 12.8 Å². The quantitative estimate of drug-likeness (QED) is 0.513. The molecule has 0 spiro atoms. The van der Waals surface area contributed by atoms with Crippen LogP contribution in [0.5, 0.6) is 5.75 Å². The van der Waals surface area contributed by atoms with Gasteiger partial charge in [-0.2, -0.15) is 0 Å². The van der Waals surface area contributed by atoms with Gasteiger partial charge in [0, 0.05) is 50.1 Å². The number of hydrogen-bond donors (Lipinski definition) is 2. The minimum Gasteiger partial charge on any atom is -0.495 e. The first-order valence-corrected chi connectivity index (χ1v) is 12.2. The van der Waals surface area contributed by atoms with Crippen molar-refractivity contribution < 1.29 is 9.53 Å². The molecular weight excluding hydrogens is 426 g/mol. The Balaban J connectivity index is 1.18. The first-order chi connectivity index (χ1) is 16.6. The third-order valence-corrected chi connectivity index (χ3v) is 6.93. The van der Waals surface area contributed by atoms with Crippen molar-refractivity contribution in [2.24, 2.45) is 0 Å². The lowest BCUT2D eigenvalue weighted by Crippen LogP contribution is -2.46. The lowest BCUT2D eigenvalue weighted by atomic mass is 9.90. The zero-order valence-corrected chi connectivity index (χ0v) is 20.0. The number of hydrogen-bond acceptors (Lipinski definition) is 6. The van der Waals surface area contributed by atoms with Crippen LogP contribution < -0.4 is 20.3 Å². The molecule has 0 aliphatic carbocycles.